The fourth-order valence-electron chi connectivity index (χ4n) is 1.28. The van der Waals surface area contributed by atoms with E-state index in [0.717, 1.165) is 25.0 Å². The molecule has 0 atom stereocenters. The Hall–Kier alpha value is 0.610. The first-order valence-electron chi connectivity index (χ1n) is 4.79. The van der Waals surface area contributed by atoms with Crippen LogP contribution in [0.15, 0.2) is 14.3 Å². The molecular weight excluding hydrogens is 422 g/mol. The average Bonchev–Trinajstić information content (AvgIpc) is 2.54. The summed E-state index contributed by atoms with van der Waals surface area (Å²) in [6.45, 7) is 4.78. The lowest BCUT2D eigenvalue weighted by molar-refractivity contribution is 0.0724. The minimum absolute atomic E-state index is 0.0888. The van der Waals surface area contributed by atoms with Gasteiger partial charge in [0.15, 0.2) is 0 Å². The van der Waals surface area contributed by atoms with Gasteiger partial charge in [0.2, 0.25) is 0 Å². The van der Waals surface area contributed by atoms with Gasteiger partial charge in [-0.05, 0) is 51.8 Å². The molecule has 0 fully saturated rings. The number of alkyl halides is 1. The molecule has 16 heavy (non-hydrogen) atoms. The van der Waals surface area contributed by atoms with Gasteiger partial charge in [0.1, 0.15) is 0 Å². The van der Waals surface area contributed by atoms with Crippen LogP contribution >= 0.6 is 59.1 Å². The van der Waals surface area contributed by atoms with E-state index in [2.05, 4.69) is 47.8 Å². The molecule has 0 bridgehead atoms. The molecule has 0 saturated heterocycles. The molecule has 1 amide bonds. The highest BCUT2D eigenvalue weighted by Gasteiger charge is 2.20. The van der Waals surface area contributed by atoms with E-state index in [1.165, 1.54) is 11.3 Å². The van der Waals surface area contributed by atoms with Gasteiger partial charge in [-0.25, -0.2) is 0 Å². The van der Waals surface area contributed by atoms with Gasteiger partial charge in [0.25, 0.3) is 5.91 Å². The predicted octanol–water partition coefficient (Wildman–Crippen LogP) is 4.52. The Bertz CT molecular complexity index is 359. The minimum atomic E-state index is 0.0888. The van der Waals surface area contributed by atoms with E-state index in [-0.39, 0.29) is 11.9 Å². The molecule has 90 valence electrons. The number of nitrogens with zero attached hydrogens (tertiary/aromatic N) is 1. The summed E-state index contributed by atoms with van der Waals surface area (Å²) in [6, 6.07) is 2.07. The normalized spacial score (nSPS) is 10.9. The van der Waals surface area contributed by atoms with Crippen molar-refractivity contribution >= 4 is 65.0 Å². The molecule has 1 aromatic rings. The number of thiophene rings is 1. The molecule has 0 saturated carbocycles. The fourth-order valence-corrected chi connectivity index (χ4v) is 3.65. The van der Waals surface area contributed by atoms with Gasteiger partial charge in [-0.1, -0.05) is 15.9 Å². The SMILES string of the molecule is CC(C)N(CCBr)C(=O)c1cc(Br)c(Br)s1. The Kier molecular flexibility index (Phi) is 5.98. The summed E-state index contributed by atoms with van der Waals surface area (Å²) in [5.41, 5.74) is 0. The molecular formula is C10H12Br3NOS. The third-order valence-electron chi connectivity index (χ3n) is 2.07. The molecule has 0 aromatic carbocycles. The van der Waals surface area contributed by atoms with E-state index in [9.17, 15) is 4.79 Å². The van der Waals surface area contributed by atoms with Crippen LogP contribution in [-0.2, 0) is 0 Å². The Morgan fingerprint density at radius 2 is 2.12 bits per heavy atom. The number of hydrogen-bond donors (Lipinski definition) is 0. The lowest BCUT2D eigenvalue weighted by Gasteiger charge is -2.25. The van der Waals surface area contributed by atoms with Crippen molar-refractivity contribution in [1.29, 1.82) is 0 Å². The maximum atomic E-state index is 12.2. The second-order valence-electron chi connectivity index (χ2n) is 3.51. The second-order valence-corrected chi connectivity index (χ2v) is 7.53. The van der Waals surface area contributed by atoms with Crippen LogP contribution in [0.25, 0.3) is 0 Å². The van der Waals surface area contributed by atoms with Gasteiger partial charge < -0.3 is 4.90 Å². The highest BCUT2D eigenvalue weighted by Crippen LogP contribution is 2.33. The van der Waals surface area contributed by atoms with E-state index in [1.807, 2.05) is 24.8 Å². The minimum Gasteiger partial charge on any atom is -0.335 e. The average molecular weight is 434 g/mol. The van der Waals surface area contributed by atoms with Crippen LogP contribution in [0.5, 0.6) is 0 Å². The van der Waals surface area contributed by atoms with Crippen LogP contribution in [0.2, 0.25) is 0 Å². The summed E-state index contributed by atoms with van der Waals surface area (Å²) >= 11 is 11.6. The van der Waals surface area contributed by atoms with Crippen LogP contribution in [0, 0.1) is 0 Å². The van der Waals surface area contributed by atoms with E-state index in [1.54, 1.807) is 0 Å². The molecule has 0 spiro atoms. The zero-order valence-electron chi connectivity index (χ0n) is 8.97. The van der Waals surface area contributed by atoms with Crippen molar-refractivity contribution in [3.05, 3.63) is 19.2 Å². The first-order chi connectivity index (χ1) is 7.47. The molecule has 2 nitrogen and oxygen atoms in total. The van der Waals surface area contributed by atoms with E-state index in [4.69, 9.17) is 0 Å². The van der Waals surface area contributed by atoms with Gasteiger partial charge in [0, 0.05) is 22.4 Å². The van der Waals surface area contributed by atoms with Gasteiger partial charge in [-0.15, -0.1) is 11.3 Å². The van der Waals surface area contributed by atoms with Crippen LogP contribution in [0.1, 0.15) is 23.5 Å². The van der Waals surface area contributed by atoms with Crippen molar-refractivity contribution in [3.8, 4) is 0 Å². The van der Waals surface area contributed by atoms with Gasteiger partial charge >= 0.3 is 0 Å². The third-order valence-corrected chi connectivity index (χ3v) is 5.66. The number of rotatable bonds is 4. The second kappa shape index (κ2) is 6.52. The van der Waals surface area contributed by atoms with Gasteiger partial charge in [-0.2, -0.15) is 0 Å². The topological polar surface area (TPSA) is 20.3 Å². The zero-order valence-corrected chi connectivity index (χ0v) is 14.5. The van der Waals surface area contributed by atoms with E-state index < -0.39 is 0 Å². The van der Waals surface area contributed by atoms with Crippen LogP contribution in [0.3, 0.4) is 0 Å². The van der Waals surface area contributed by atoms with Crippen molar-refractivity contribution < 1.29 is 4.79 Å². The maximum absolute atomic E-state index is 12.2. The molecule has 0 aliphatic rings. The molecule has 0 aliphatic carbocycles. The quantitative estimate of drug-likeness (QED) is 0.639. The molecule has 0 N–H and O–H groups in total. The highest BCUT2D eigenvalue weighted by atomic mass is 79.9. The molecule has 6 heteroatoms. The number of carbonyl (C=O) groups excluding carboxylic acids is 1. The zero-order chi connectivity index (χ0) is 12.3. The number of carbonyl (C=O) groups is 1. The van der Waals surface area contributed by atoms with Crippen molar-refractivity contribution in [2.75, 3.05) is 11.9 Å². The lowest BCUT2D eigenvalue weighted by Crippen LogP contribution is -2.37. The third kappa shape index (κ3) is 3.55. The van der Waals surface area contributed by atoms with Crippen molar-refractivity contribution in [3.63, 3.8) is 0 Å². The molecule has 1 aromatic heterocycles. The summed E-state index contributed by atoms with van der Waals surface area (Å²) in [6.07, 6.45) is 0. The van der Waals surface area contributed by atoms with Crippen LogP contribution in [0.4, 0.5) is 0 Å². The predicted molar refractivity (Wildman–Crippen MR) is 79.7 cm³/mol. The maximum Gasteiger partial charge on any atom is 0.264 e. The van der Waals surface area contributed by atoms with Crippen molar-refractivity contribution in [1.82, 2.24) is 4.90 Å². The largest absolute Gasteiger partial charge is 0.335 e. The molecule has 1 rings (SSSR count). The molecule has 1 heterocycles. The summed E-state index contributed by atoms with van der Waals surface area (Å²) in [7, 11) is 0. The molecule has 0 aliphatic heterocycles. The monoisotopic (exact) mass is 431 g/mol. The smallest absolute Gasteiger partial charge is 0.264 e. The molecule has 0 unspecified atom stereocenters. The van der Waals surface area contributed by atoms with Crippen molar-refractivity contribution in [2.45, 2.75) is 19.9 Å². The fraction of sp³-hybridized carbons (Fsp3) is 0.500. The summed E-state index contributed by atoms with van der Waals surface area (Å²) in [5, 5.41) is 0.796. The van der Waals surface area contributed by atoms with Crippen LogP contribution < -0.4 is 0 Å². The Balaban J connectivity index is 2.90. The standard InChI is InChI=1S/C10H12Br3NOS/c1-6(2)14(4-3-11)10(15)8-5-7(12)9(13)16-8/h5-6H,3-4H2,1-2H3. The Morgan fingerprint density at radius 3 is 2.50 bits per heavy atom. The van der Waals surface area contributed by atoms with Crippen molar-refractivity contribution in [2.24, 2.45) is 0 Å². The summed E-state index contributed by atoms with van der Waals surface area (Å²) in [4.78, 5) is 14.8. The number of amides is 1. The Labute approximate surface area is 125 Å². The van der Waals surface area contributed by atoms with Crippen LogP contribution in [-0.4, -0.2) is 28.7 Å². The first-order valence-corrected chi connectivity index (χ1v) is 8.31. The summed E-state index contributed by atoms with van der Waals surface area (Å²) in [5.74, 6) is 0.0888. The lowest BCUT2D eigenvalue weighted by atomic mass is 10.3. The first kappa shape index (κ1) is 14.7. The number of halogens is 3. The van der Waals surface area contributed by atoms with E-state index in [0.29, 0.717) is 0 Å². The Morgan fingerprint density at radius 1 is 1.50 bits per heavy atom. The number of hydrogen-bond acceptors (Lipinski definition) is 2. The van der Waals surface area contributed by atoms with Gasteiger partial charge in [-0.3, -0.25) is 4.79 Å². The highest BCUT2D eigenvalue weighted by molar-refractivity contribution is 9.13. The molecule has 0 radical (unpaired) electrons. The summed E-state index contributed by atoms with van der Waals surface area (Å²) < 4.78 is 1.89. The van der Waals surface area contributed by atoms with E-state index >= 15 is 0 Å². The van der Waals surface area contributed by atoms with Gasteiger partial charge in [0.05, 0.1) is 8.66 Å².